The van der Waals surface area contributed by atoms with Gasteiger partial charge < -0.3 is 13.7 Å². The summed E-state index contributed by atoms with van der Waals surface area (Å²) in [5.74, 6) is 0.668. The van der Waals surface area contributed by atoms with E-state index in [0.717, 1.165) is 45.1 Å². The molecule has 0 saturated carbocycles. The van der Waals surface area contributed by atoms with Crippen LogP contribution >= 0.6 is 34.0 Å². The van der Waals surface area contributed by atoms with Crippen molar-refractivity contribution in [2.45, 2.75) is 0 Å². The quantitative estimate of drug-likeness (QED) is 0.166. The summed E-state index contributed by atoms with van der Waals surface area (Å²) in [6.45, 7) is 0. The minimum Gasteiger partial charge on any atom is -0.309 e. The average Bonchev–Trinajstić information content (AvgIpc) is 3.27. The number of fused-ring (bicyclic) bond motifs is 21. The lowest BCUT2D eigenvalue weighted by molar-refractivity contribution is 1.16. The van der Waals surface area contributed by atoms with E-state index in [2.05, 4.69) is 275 Å². The molecule has 12 aromatic carbocycles. The first-order valence-electron chi connectivity index (χ1n) is 28.4. The number of aromatic nitrogens is 5. The SMILES string of the molecule is c1ccc2c(c1)sc1c2ccc2c1c1ccccc1n2-c1ccc(-c2cc(-c3ccc(-n4c5ccccc5c5c6sc7ccccc7c6ccc54)cc3)nc(-c3ccc(-n4c5ccccc5c5c6sc7ccccc7c6ccc54)cc3)n2)cc1. The second-order valence-corrected chi connectivity index (χ2v) is 25.1. The van der Waals surface area contributed by atoms with E-state index < -0.39 is 0 Å². The fourth-order valence-electron chi connectivity index (χ4n) is 13.7. The second kappa shape index (κ2) is 17.6. The average molecular weight is 1120 g/mol. The van der Waals surface area contributed by atoms with Crippen LogP contribution in [0.1, 0.15) is 0 Å². The van der Waals surface area contributed by atoms with Gasteiger partial charge in [0, 0.05) is 127 Å². The summed E-state index contributed by atoms with van der Waals surface area (Å²) < 4.78 is 15.2. The maximum atomic E-state index is 5.44. The maximum Gasteiger partial charge on any atom is 0.160 e. The summed E-state index contributed by atoms with van der Waals surface area (Å²) in [6.07, 6.45) is 0. The van der Waals surface area contributed by atoms with Crippen LogP contribution in [0.2, 0.25) is 0 Å². The Morgan fingerprint density at radius 3 is 0.881 bits per heavy atom. The Bertz CT molecular complexity index is 5370. The summed E-state index contributed by atoms with van der Waals surface area (Å²) in [7, 11) is 0. The highest BCUT2D eigenvalue weighted by Gasteiger charge is 2.22. The number of nitrogens with zero attached hydrogens (tertiary/aromatic N) is 5. The van der Waals surface area contributed by atoms with Gasteiger partial charge >= 0.3 is 0 Å². The number of hydrogen-bond donors (Lipinski definition) is 0. The Kier molecular flexibility index (Phi) is 9.75. The Morgan fingerprint density at radius 2 is 0.536 bits per heavy atom. The lowest BCUT2D eigenvalue weighted by atomic mass is 10.1. The molecule has 7 heterocycles. The molecule has 7 aromatic heterocycles. The number of para-hydroxylation sites is 3. The highest BCUT2D eigenvalue weighted by molar-refractivity contribution is 7.27. The van der Waals surface area contributed by atoms with Crippen molar-refractivity contribution in [3.05, 3.63) is 261 Å². The van der Waals surface area contributed by atoms with Crippen molar-refractivity contribution in [2.24, 2.45) is 0 Å². The summed E-state index contributed by atoms with van der Waals surface area (Å²) in [4.78, 5) is 10.9. The lowest BCUT2D eigenvalue weighted by Gasteiger charge is -2.13. The zero-order valence-electron chi connectivity index (χ0n) is 44.8. The molecule has 19 aromatic rings. The first kappa shape index (κ1) is 46.4. The highest BCUT2D eigenvalue weighted by Crippen LogP contribution is 2.47. The summed E-state index contributed by atoms with van der Waals surface area (Å²) in [6, 6.07) is 95.5. The monoisotopic (exact) mass is 1120 g/mol. The molecule has 0 N–H and O–H groups in total. The fourth-order valence-corrected chi connectivity index (χ4v) is 17.5. The molecule has 0 aliphatic carbocycles. The molecule has 0 aliphatic heterocycles. The molecular weight excluding hydrogens is 1080 g/mol. The lowest BCUT2D eigenvalue weighted by Crippen LogP contribution is -1.98. The molecule has 84 heavy (non-hydrogen) atoms. The predicted octanol–water partition coefficient (Wildman–Crippen LogP) is 21.9. The summed E-state index contributed by atoms with van der Waals surface area (Å²) in [5, 5.41) is 15.5. The van der Waals surface area contributed by atoms with E-state index in [1.54, 1.807) is 0 Å². The molecule has 390 valence electrons. The van der Waals surface area contributed by atoms with E-state index >= 15 is 0 Å². The van der Waals surface area contributed by atoms with Crippen molar-refractivity contribution in [1.29, 1.82) is 0 Å². The highest BCUT2D eigenvalue weighted by atomic mass is 32.1. The van der Waals surface area contributed by atoms with Crippen LogP contribution in [-0.4, -0.2) is 23.7 Å². The molecule has 0 unspecified atom stereocenters. The van der Waals surface area contributed by atoms with Gasteiger partial charge in [-0.05, 0) is 109 Å². The molecule has 0 amide bonds. The van der Waals surface area contributed by atoms with E-state index in [4.69, 9.17) is 9.97 Å². The van der Waals surface area contributed by atoms with E-state index in [0.29, 0.717) is 5.82 Å². The number of benzene rings is 12. The molecule has 5 nitrogen and oxygen atoms in total. The first-order chi connectivity index (χ1) is 41.6. The maximum absolute atomic E-state index is 5.44. The first-order valence-corrected chi connectivity index (χ1v) is 30.8. The number of hydrogen-bond acceptors (Lipinski definition) is 5. The van der Waals surface area contributed by atoms with Crippen LogP contribution in [-0.2, 0) is 0 Å². The van der Waals surface area contributed by atoms with Crippen LogP contribution in [0.5, 0.6) is 0 Å². The molecule has 0 atom stereocenters. The third kappa shape index (κ3) is 6.64. The van der Waals surface area contributed by atoms with Crippen molar-refractivity contribution >= 4 is 160 Å². The largest absolute Gasteiger partial charge is 0.309 e. The third-order valence-corrected chi connectivity index (χ3v) is 21.1. The molecule has 8 heteroatoms. The van der Waals surface area contributed by atoms with Gasteiger partial charge in [-0.15, -0.1) is 34.0 Å². The van der Waals surface area contributed by atoms with Crippen molar-refractivity contribution < 1.29 is 0 Å². The molecule has 0 fully saturated rings. The Labute approximate surface area is 492 Å². The van der Waals surface area contributed by atoms with Crippen molar-refractivity contribution in [3.8, 4) is 51.0 Å². The van der Waals surface area contributed by atoms with Crippen molar-refractivity contribution in [3.63, 3.8) is 0 Å². The van der Waals surface area contributed by atoms with E-state index in [1.165, 1.54) is 126 Å². The van der Waals surface area contributed by atoms with E-state index in [9.17, 15) is 0 Å². The van der Waals surface area contributed by atoms with Crippen LogP contribution < -0.4 is 0 Å². The van der Waals surface area contributed by atoms with Crippen LogP contribution in [0.4, 0.5) is 0 Å². The summed E-state index contributed by atoms with van der Waals surface area (Å²) in [5.41, 5.74) is 15.1. The minimum atomic E-state index is 0.668. The van der Waals surface area contributed by atoms with Gasteiger partial charge in [0.25, 0.3) is 0 Å². The molecule has 0 radical (unpaired) electrons. The fraction of sp³-hybridized carbons (Fsp3) is 0. The molecule has 0 spiro atoms. The van der Waals surface area contributed by atoms with E-state index in [1.807, 2.05) is 34.0 Å². The van der Waals surface area contributed by atoms with Gasteiger partial charge in [-0.2, -0.15) is 0 Å². The standard InChI is InChI=1S/C76H43N5S3/c1-7-19-61-56(16-1)70-64(40-37-53-50-13-4-10-22-67(50)82-73(53)70)79(61)47-31-25-44(26-32-47)59-43-60(45-27-33-48(34-28-45)80-62-20-8-2-17-57(62)71-65(80)41-38-54-51-14-5-11-23-68(51)83-74(54)71)78-76(77-59)46-29-35-49(36-30-46)81-63-21-9-3-18-58(63)72-66(81)42-39-55-52-15-6-12-24-69(52)84-75(55)72/h1-43H. The van der Waals surface area contributed by atoms with Crippen molar-refractivity contribution in [2.75, 3.05) is 0 Å². The zero-order chi connectivity index (χ0) is 54.7. The van der Waals surface area contributed by atoms with Gasteiger partial charge in [0.15, 0.2) is 5.82 Å². The van der Waals surface area contributed by atoms with Crippen LogP contribution in [0, 0.1) is 0 Å². The van der Waals surface area contributed by atoms with Crippen molar-refractivity contribution in [1.82, 2.24) is 23.7 Å². The topological polar surface area (TPSA) is 40.6 Å². The molecule has 0 bridgehead atoms. The second-order valence-electron chi connectivity index (χ2n) is 22.0. The van der Waals surface area contributed by atoms with Gasteiger partial charge in [0.2, 0.25) is 0 Å². The van der Waals surface area contributed by atoms with Crippen LogP contribution in [0.3, 0.4) is 0 Å². The predicted molar refractivity (Wildman–Crippen MR) is 360 cm³/mol. The minimum absolute atomic E-state index is 0.668. The Balaban J connectivity index is 0.751. The van der Waals surface area contributed by atoms with Crippen LogP contribution in [0.25, 0.3) is 177 Å². The van der Waals surface area contributed by atoms with Gasteiger partial charge in [0.05, 0.1) is 44.5 Å². The molecule has 0 aliphatic rings. The van der Waals surface area contributed by atoms with Crippen LogP contribution in [0.15, 0.2) is 261 Å². The molecular formula is C76H43N5S3. The van der Waals surface area contributed by atoms with Gasteiger partial charge in [0.1, 0.15) is 0 Å². The smallest absolute Gasteiger partial charge is 0.160 e. The number of thiophene rings is 3. The normalized spacial score (nSPS) is 12.3. The van der Waals surface area contributed by atoms with Gasteiger partial charge in [-0.3, -0.25) is 0 Å². The zero-order valence-corrected chi connectivity index (χ0v) is 47.2. The molecule has 19 rings (SSSR count). The van der Waals surface area contributed by atoms with Gasteiger partial charge in [-0.25, -0.2) is 9.97 Å². The third-order valence-electron chi connectivity index (χ3n) is 17.5. The number of rotatable bonds is 6. The van der Waals surface area contributed by atoms with E-state index in [-0.39, 0.29) is 0 Å². The Hall–Kier alpha value is -10.2. The summed E-state index contributed by atoms with van der Waals surface area (Å²) >= 11 is 5.66. The van der Waals surface area contributed by atoms with Gasteiger partial charge in [-0.1, -0.05) is 152 Å². The molecule has 0 saturated heterocycles. The Morgan fingerprint density at radius 1 is 0.238 bits per heavy atom.